The maximum absolute atomic E-state index is 12.8. The lowest BCUT2D eigenvalue weighted by Gasteiger charge is -2.23. The Balaban J connectivity index is 1.91. The lowest BCUT2D eigenvalue weighted by Crippen LogP contribution is -2.38. The summed E-state index contributed by atoms with van der Waals surface area (Å²) in [7, 11) is 1.54. The molecule has 0 spiro atoms. The Morgan fingerprint density at radius 1 is 1.19 bits per heavy atom. The molecular formula is C20H19BrN2O2S. The maximum atomic E-state index is 12.8. The molecule has 0 fully saturated rings. The molecule has 0 saturated heterocycles. The molecule has 0 radical (unpaired) electrons. The van der Waals surface area contributed by atoms with Gasteiger partial charge in [-0.25, -0.2) is 4.98 Å². The number of halogens is 1. The van der Waals surface area contributed by atoms with E-state index < -0.39 is 6.10 Å². The Morgan fingerprint density at radius 3 is 2.54 bits per heavy atom. The van der Waals surface area contributed by atoms with Crippen molar-refractivity contribution in [3.63, 3.8) is 0 Å². The summed E-state index contributed by atoms with van der Waals surface area (Å²) in [6, 6.07) is 17.9. The van der Waals surface area contributed by atoms with Gasteiger partial charge in [0.1, 0.15) is 6.10 Å². The fourth-order valence-corrected chi connectivity index (χ4v) is 3.57. The van der Waals surface area contributed by atoms with E-state index in [4.69, 9.17) is 9.72 Å². The van der Waals surface area contributed by atoms with Crippen LogP contribution in [0, 0.1) is 0 Å². The van der Waals surface area contributed by atoms with Crippen molar-refractivity contribution in [2.75, 3.05) is 12.0 Å². The molecule has 0 aliphatic rings. The van der Waals surface area contributed by atoms with Gasteiger partial charge in [-0.15, -0.1) is 11.3 Å². The van der Waals surface area contributed by atoms with Crippen LogP contribution >= 0.6 is 27.3 Å². The zero-order valence-electron chi connectivity index (χ0n) is 14.6. The number of anilines is 1. The van der Waals surface area contributed by atoms with Gasteiger partial charge in [-0.05, 0) is 24.6 Å². The van der Waals surface area contributed by atoms with Crippen LogP contribution in [-0.2, 0) is 16.1 Å². The van der Waals surface area contributed by atoms with Crippen LogP contribution in [0.1, 0.15) is 12.5 Å². The summed E-state index contributed by atoms with van der Waals surface area (Å²) in [6.45, 7) is 2.21. The highest BCUT2D eigenvalue weighted by atomic mass is 79.9. The minimum atomic E-state index is -0.529. The highest BCUT2D eigenvalue weighted by Crippen LogP contribution is 2.29. The fourth-order valence-electron chi connectivity index (χ4n) is 2.47. The number of benzene rings is 2. The minimum absolute atomic E-state index is 0.104. The Bertz CT molecular complexity index is 865. The number of aromatic nitrogens is 1. The second-order valence-electron chi connectivity index (χ2n) is 5.81. The molecule has 1 amide bonds. The molecule has 26 heavy (non-hydrogen) atoms. The molecule has 0 aliphatic heterocycles. The summed E-state index contributed by atoms with van der Waals surface area (Å²) in [6.07, 6.45) is -0.529. The third kappa shape index (κ3) is 4.38. The van der Waals surface area contributed by atoms with Crippen LogP contribution in [0.4, 0.5) is 5.13 Å². The molecule has 0 saturated carbocycles. The van der Waals surface area contributed by atoms with Crippen molar-refractivity contribution in [1.82, 2.24) is 4.98 Å². The van der Waals surface area contributed by atoms with Gasteiger partial charge in [0, 0.05) is 22.5 Å². The monoisotopic (exact) mass is 430 g/mol. The van der Waals surface area contributed by atoms with E-state index in [2.05, 4.69) is 15.9 Å². The summed E-state index contributed by atoms with van der Waals surface area (Å²) in [5, 5.41) is 2.64. The molecular weight excluding hydrogens is 412 g/mol. The van der Waals surface area contributed by atoms with Gasteiger partial charge in [-0.3, -0.25) is 9.69 Å². The van der Waals surface area contributed by atoms with Crippen molar-refractivity contribution < 1.29 is 9.53 Å². The molecule has 3 rings (SSSR count). The Hall–Kier alpha value is -2.02. The van der Waals surface area contributed by atoms with Crippen molar-refractivity contribution in [3.05, 3.63) is 70.0 Å². The van der Waals surface area contributed by atoms with E-state index in [0.717, 1.165) is 21.3 Å². The van der Waals surface area contributed by atoms with E-state index in [9.17, 15) is 4.79 Å². The molecule has 134 valence electrons. The van der Waals surface area contributed by atoms with E-state index in [1.165, 1.54) is 11.3 Å². The standard InChI is InChI=1S/C20H19BrN2O2S/c1-14(25-2)19(24)23(12-15-6-4-3-5-7-15)20-22-18(13-26-20)16-8-10-17(21)11-9-16/h3-11,13-14H,12H2,1-2H3/t14-/m1/s1. The predicted molar refractivity (Wildman–Crippen MR) is 109 cm³/mol. The number of methoxy groups -OCH3 is 1. The third-order valence-corrected chi connectivity index (χ3v) is 5.41. The second-order valence-corrected chi connectivity index (χ2v) is 7.56. The number of carbonyl (C=O) groups is 1. The lowest BCUT2D eigenvalue weighted by molar-refractivity contribution is -0.127. The topological polar surface area (TPSA) is 42.4 Å². The molecule has 0 N–H and O–H groups in total. The first kappa shape index (κ1) is 18.8. The van der Waals surface area contributed by atoms with Gasteiger partial charge < -0.3 is 4.74 Å². The van der Waals surface area contributed by atoms with Gasteiger partial charge in [0.25, 0.3) is 5.91 Å². The van der Waals surface area contributed by atoms with Gasteiger partial charge in [-0.2, -0.15) is 0 Å². The summed E-state index contributed by atoms with van der Waals surface area (Å²) in [5.41, 5.74) is 2.92. The molecule has 0 bridgehead atoms. The Kier molecular flexibility index (Phi) is 6.19. The average Bonchev–Trinajstić information content (AvgIpc) is 3.16. The highest BCUT2D eigenvalue weighted by molar-refractivity contribution is 9.10. The Morgan fingerprint density at radius 2 is 1.88 bits per heavy atom. The molecule has 1 atom stereocenters. The van der Waals surface area contributed by atoms with Gasteiger partial charge in [0.15, 0.2) is 5.13 Å². The SMILES string of the molecule is CO[C@H](C)C(=O)N(Cc1ccccc1)c1nc(-c2ccc(Br)cc2)cs1. The molecule has 1 heterocycles. The molecule has 2 aromatic carbocycles. The zero-order valence-corrected chi connectivity index (χ0v) is 17.0. The number of carbonyl (C=O) groups excluding carboxylic acids is 1. The molecule has 4 nitrogen and oxygen atoms in total. The summed E-state index contributed by atoms with van der Waals surface area (Å²) in [4.78, 5) is 19.2. The Labute approximate surface area is 165 Å². The highest BCUT2D eigenvalue weighted by Gasteiger charge is 2.24. The van der Waals surface area contributed by atoms with Crippen molar-refractivity contribution in [1.29, 1.82) is 0 Å². The van der Waals surface area contributed by atoms with Crippen LogP contribution < -0.4 is 4.90 Å². The molecule has 6 heteroatoms. The lowest BCUT2D eigenvalue weighted by atomic mass is 10.2. The summed E-state index contributed by atoms with van der Waals surface area (Å²) < 4.78 is 6.26. The number of amides is 1. The number of hydrogen-bond donors (Lipinski definition) is 0. The fraction of sp³-hybridized carbons (Fsp3) is 0.200. The van der Waals surface area contributed by atoms with Gasteiger partial charge >= 0.3 is 0 Å². The number of ether oxygens (including phenoxy) is 1. The first-order valence-electron chi connectivity index (χ1n) is 8.18. The third-order valence-electron chi connectivity index (χ3n) is 4.01. The first-order valence-corrected chi connectivity index (χ1v) is 9.85. The molecule has 0 aliphatic carbocycles. The van der Waals surface area contributed by atoms with E-state index in [-0.39, 0.29) is 5.91 Å². The normalized spacial score (nSPS) is 12.0. The number of thiazole rings is 1. The van der Waals surface area contributed by atoms with E-state index in [1.807, 2.05) is 60.0 Å². The summed E-state index contributed by atoms with van der Waals surface area (Å²) >= 11 is 4.90. The van der Waals surface area contributed by atoms with Crippen LogP contribution in [0.3, 0.4) is 0 Å². The van der Waals surface area contributed by atoms with E-state index in [1.54, 1.807) is 18.9 Å². The molecule has 1 aromatic heterocycles. The largest absolute Gasteiger partial charge is 0.372 e. The quantitative estimate of drug-likeness (QED) is 0.543. The maximum Gasteiger partial charge on any atom is 0.257 e. The van der Waals surface area contributed by atoms with E-state index >= 15 is 0 Å². The van der Waals surface area contributed by atoms with Gasteiger partial charge in [0.2, 0.25) is 0 Å². The number of hydrogen-bond acceptors (Lipinski definition) is 4. The second kappa shape index (κ2) is 8.58. The van der Waals surface area contributed by atoms with Crippen LogP contribution in [0.2, 0.25) is 0 Å². The van der Waals surface area contributed by atoms with Gasteiger partial charge in [0.05, 0.1) is 12.2 Å². The van der Waals surface area contributed by atoms with Crippen LogP contribution in [0.25, 0.3) is 11.3 Å². The predicted octanol–water partition coefficient (Wildman–Crippen LogP) is 5.14. The zero-order chi connectivity index (χ0) is 18.5. The number of rotatable bonds is 6. The van der Waals surface area contributed by atoms with Crippen LogP contribution in [0.5, 0.6) is 0 Å². The average molecular weight is 431 g/mol. The van der Waals surface area contributed by atoms with Crippen molar-refractivity contribution in [2.24, 2.45) is 0 Å². The van der Waals surface area contributed by atoms with Gasteiger partial charge in [-0.1, -0.05) is 58.4 Å². The summed E-state index contributed by atoms with van der Waals surface area (Å²) in [5.74, 6) is -0.104. The van der Waals surface area contributed by atoms with Crippen molar-refractivity contribution in [2.45, 2.75) is 19.6 Å². The van der Waals surface area contributed by atoms with Crippen molar-refractivity contribution >= 4 is 38.3 Å². The molecule has 0 unspecified atom stereocenters. The smallest absolute Gasteiger partial charge is 0.257 e. The van der Waals surface area contributed by atoms with Crippen molar-refractivity contribution in [3.8, 4) is 11.3 Å². The first-order chi connectivity index (χ1) is 12.6. The van der Waals surface area contributed by atoms with Crippen LogP contribution in [0.15, 0.2) is 64.5 Å². The van der Waals surface area contributed by atoms with Crippen LogP contribution in [-0.4, -0.2) is 24.1 Å². The van der Waals surface area contributed by atoms with E-state index in [0.29, 0.717) is 11.7 Å². The minimum Gasteiger partial charge on any atom is -0.372 e. The number of nitrogens with zero attached hydrogens (tertiary/aromatic N) is 2. The molecule has 3 aromatic rings.